The van der Waals surface area contributed by atoms with Crippen molar-refractivity contribution in [1.82, 2.24) is 0 Å². The van der Waals surface area contributed by atoms with Gasteiger partial charge in [-0.15, -0.1) is 0 Å². The van der Waals surface area contributed by atoms with E-state index in [4.69, 9.17) is 4.43 Å². The Morgan fingerprint density at radius 3 is 1.66 bits per heavy atom. The third kappa shape index (κ3) is 8.82. The number of ketones is 2. The molecule has 2 aliphatic rings. The van der Waals surface area contributed by atoms with Crippen LogP contribution in [0.3, 0.4) is 0 Å². The van der Waals surface area contributed by atoms with Crippen LogP contribution in [0, 0.1) is 31.9 Å². The molecule has 1 N–H and O–H groups in total. The average Bonchev–Trinajstić information content (AvgIpc) is 2.91. The summed E-state index contributed by atoms with van der Waals surface area (Å²) in [5.74, 6) is -1.82. The third-order valence-electron chi connectivity index (χ3n) is 8.73. The van der Waals surface area contributed by atoms with E-state index in [-0.39, 0.29) is 60.1 Å². The second-order valence-corrected chi connectivity index (χ2v) is 17.4. The first kappa shape index (κ1) is 36.8. The van der Waals surface area contributed by atoms with Crippen LogP contribution in [0.15, 0.2) is 36.4 Å². The molecule has 0 aromatic heterocycles. The maximum Gasteiger partial charge on any atom is 0.272 e. The fourth-order valence-corrected chi connectivity index (χ4v) is 6.41. The molecule has 4 rings (SSSR count). The number of non-ortho nitro benzene ring substituents is 2. The number of hydrogen-bond donors (Lipinski definition) is 1. The minimum Gasteiger partial charge on any atom is -0.407 e. The molecule has 0 heterocycles. The summed E-state index contributed by atoms with van der Waals surface area (Å²) >= 11 is 0. The van der Waals surface area contributed by atoms with Crippen LogP contribution in [0.2, 0.25) is 18.1 Å². The van der Waals surface area contributed by atoms with Gasteiger partial charge in [-0.1, -0.05) is 28.2 Å². The van der Waals surface area contributed by atoms with Gasteiger partial charge in [-0.2, -0.15) is 0 Å². The van der Waals surface area contributed by atoms with Gasteiger partial charge in [-0.25, -0.2) is 8.78 Å². The molecule has 10 nitrogen and oxygen atoms in total. The van der Waals surface area contributed by atoms with E-state index in [1.807, 2.05) is 0 Å². The van der Waals surface area contributed by atoms with Crippen LogP contribution in [0.5, 0.6) is 0 Å². The Hall–Kier alpha value is -3.42. The van der Waals surface area contributed by atoms with Gasteiger partial charge in [0.05, 0.1) is 22.0 Å². The smallest absolute Gasteiger partial charge is 0.272 e. The Bertz CT molecular complexity index is 1400. The lowest BCUT2D eigenvalue weighted by molar-refractivity contribution is -0.385. The molecule has 0 aliphatic heterocycles. The molecule has 0 radical (unpaired) electrons. The summed E-state index contributed by atoms with van der Waals surface area (Å²) < 4.78 is 34.3. The van der Waals surface area contributed by atoms with Crippen LogP contribution in [0.4, 0.5) is 20.2 Å². The molecule has 44 heavy (non-hydrogen) atoms. The number of aliphatic hydroxyl groups excluding tert-OH is 1. The normalized spacial score (nSPS) is 22.4. The number of Topliss-reactive ketones (excluding diaryl/α,β-unsaturated/α-hetero) is 2. The Morgan fingerprint density at radius 1 is 0.841 bits per heavy atom. The summed E-state index contributed by atoms with van der Waals surface area (Å²) in [6.07, 6.45) is 0.596. The van der Waals surface area contributed by atoms with E-state index in [1.54, 1.807) is 0 Å². The van der Waals surface area contributed by atoms with Gasteiger partial charge in [-0.05, 0) is 78.9 Å². The van der Waals surface area contributed by atoms with Gasteiger partial charge in [0.2, 0.25) is 0 Å². The zero-order chi connectivity index (χ0) is 32.3. The zero-order valence-electron chi connectivity index (χ0n) is 25.0. The topological polar surface area (TPSA) is 150 Å². The number of nitro benzene ring substituents is 2. The van der Waals surface area contributed by atoms with Crippen LogP contribution in [-0.2, 0) is 14.0 Å². The summed E-state index contributed by atoms with van der Waals surface area (Å²) in [6.45, 7) is 10.5. The fraction of sp³-hybridized carbons (Fsp3) is 0.548. The number of carbonyl (C=O) groups is 2. The van der Waals surface area contributed by atoms with Gasteiger partial charge in [0.15, 0.2) is 19.9 Å². The van der Waals surface area contributed by atoms with Crippen molar-refractivity contribution in [3.63, 3.8) is 0 Å². The van der Waals surface area contributed by atoms with Crippen LogP contribution in [-0.4, -0.2) is 47.0 Å². The molecule has 0 bridgehead atoms. The number of nitro groups is 2. The molecule has 13 heteroatoms. The van der Waals surface area contributed by atoms with E-state index < -0.39 is 42.0 Å². The fourth-order valence-electron chi connectivity index (χ4n) is 5.12. The molecule has 2 aromatic carbocycles. The predicted octanol–water partition coefficient (Wildman–Crippen LogP) is 7.53. The van der Waals surface area contributed by atoms with E-state index in [0.29, 0.717) is 36.8 Å². The van der Waals surface area contributed by atoms with E-state index in [2.05, 4.69) is 33.9 Å². The largest absolute Gasteiger partial charge is 0.407 e. The van der Waals surface area contributed by atoms with Gasteiger partial charge in [-0.3, -0.25) is 29.8 Å². The Kier molecular flexibility index (Phi) is 12.2. The number of nitrogens with zero attached hydrogens (tertiary/aromatic N) is 2. The number of benzene rings is 2. The second kappa shape index (κ2) is 14.6. The SMILES string of the molecule is C.CC(C)(C)[Si](C)(C)O[C@H]1C[C@H](c2ccc([N+](=O)[O-])cc2F)CCC1=O.O=C1CCC(c2ccc([N+](=O)[O-])cc2F)CC1O. The summed E-state index contributed by atoms with van der Waals surface area (Å²) in [6, 6.07) is 7.21. The van der Waals surface area contributed by atoms with Crippen molar-refractivity contribution in [2.24, 2.45) is 0 Å². The van der Waals surface area contributed by atoms with Gasteiger partial charge in [0.25, 0.3) is 11.4 Å². The van der Waals surface area contributed by atoms with Crippen molar-refractivity contribution in [3.8, 4) is 0 Å². The summed E-state index contributed by atoms with van der Waals surface area (Å²) in [5, 5.41) is 30.7. The van der Waals surface area contributed by atoms with E-state index in [9.17, 15) is 43.7 Å². The molecular formula is C31H42F2N2O8Si. The van der Waals surface area contributed by atoms with Crippen LogP contribution >= 0.6 is 0 Å². The Labute approximate surface area is 257 Å². The Balaban J connectivity index is 0.000000315. The van der Waals surface area contributed by atoms with E-state index >= 15 is 0 Å². The maximum absolute atomic E-state index is 14.3. The lowest BCUT2D eigenvalue weighted by atomic mass is 9.81. The maximum atomic E-state index is 14.3. The number of rotatable bonds is 6. The monoisotopic (exact) mass is 636 g/mol. The molecule has 0 amide bonds. The zero-order valence-corrected chi connectivity index (χ0v) is 26.0. The first-order chi connectivity index (χ1) is 19.9. The quantitative estimate of drug-likeness (QED) is 0.194. The van der Waals surface area contributed by atoms with Crippen molar-refractivity contribution >= 4 is 31.3 Å². The number of hydrogen-bond acceptors (Lipinski definition) is 8. The van der Waals surface area contributed by atoms with Crippen LogP contribution in [0.1, 0.15) is 89.7 Å². The van der Waals surface area contributed by atoms with Crippen molar-refractivity contribution < 1.29 is 37.7 Å². The standard InChI is InChI=1S/C18H26FNO4Si.C12H12FNO4.CH4/c1-18(2,3)25(4,5)24-17-10-12(6-9-16(17)21)14-8-7-13(20(22)23)11-15(14)19;13-10-6-8(14(17)18)2-3-9(10)7-1-4-11(15)12(16)5-7;/h7-8,11-12,17H,6,9-10H2,1-5H3;2-3,6-7,12,16H,1,4-5H2;1H4/t12-,17+;;/m1../s1. The molecule has 242 valence electrons. The molecule has 2 aliphatic carbocycles. The second-order valence-electron chi connectivity index (χ2n) is 12.7. The van der Waals surface area contributed by atoms with Gasteiger partial charge >= 0.3 is 0 Å². The molecule has 0 saturated heterocycles. The highest BCUT2D eigenvalue weighted by Crippen LogP contribution is 2.41. The van der Waals surface area contributed by atoms with Gasteiger partial charge in [0.1, 0.15) is 23.8 Å². The summed E-state index contributed by atoms with van der Waals surface area (Å²) in [4.78, 5) is 43.5. The van der Waals surface area contributed by atoms with E-state index in [0.717, 1.165) is 12.1 Å². The van der Waals surface area contributed by atoms with Crippen molar-refractivity contribution in [3.05, 3.63) is 79.4 Å². The highest BCUT2D eigenvalue weighted by molar-refractivity contribution is 6.74. The third-order valence-corrected chi connectivity index (χ3v) is 13.2. The first-order valence-electron chi connectivity index (χ1n) is 14.2. The first-order valence-corrected chi connectivity index (χ1v) is 17.1. The van der Waals surface area contributed by atoms with Crippen molar-refractivity contribution in [2.45, 2.75) is 109 Å². The van der Waals surface area contributed by atoms with Gasteiger partial charge in [0, 0.05) is 25.0 Å². The lowest BCUT2D eigenvalue weighted by Gasteiger charge is -2.41. The molecule has 2 saturated carbocycles. The molecule has 4 atom stereocenters. The highest BCUT2D eigenvalue weighted by Gasteiger charge is 2.42. The lowest BCUT2D eigenvalue weighted by Crippen LogP contribution is -2.47. The summed E-state index contributed by atoms with van der Waals surface area (Å²) in [7, 11) is -2.11. The Morgan fingerprint density at radius 2 is 1.27 bits per heavy atom. The van der Waals surface area contributed by atoms with Crippen LogP contribution in [0.25, 0.3) is 0 Å². The minimum absolute atomic E-state index is 0. The molecular weight excluding hydrogens is 594 g/mol. The number of carbonyl (C=O) groups excluding carboxylic acids is 2. The van der Waals surface area contributed by atoms with Crippen molar-refractivity contribution in [1.29, 1.82) is 0 Å². The molecule has 0 spiro atoms. The summed E-state index contributed by atoms with van der Waals surface area (Å²) in [5.41, 5.74) is 0.194. The number of halogens is 2. The predicted molar refractivity (Wildman–Crippen MR) is 164 cm³/mol. The molecule has 2 fully saturated rings. The molecule has 2 aromatic rings. The average molecular weight is 637 g/mol. The van der Waals surface area contributed by atoms with Gasteiger partial charge < -0.3 is 9.53 Å². The van der Waals surface area contributed by atoms with E-state index in [1.165, 1.54) is 24.3 Å². The number of aliphatic hydroxyl groups is 1. The highest BCUT2D eigenvalue weighted by atomic mass is 28.4. The van der Waals surface area contributed by atoms with Crippen LogP contribution < -0.4 is 0 Å². The van der Waals surface area contributed by atoms with Crippen molar-refractivity contribution in [2.75, 3.05) is 0 Å². The molecule has 2 unspecified atom stereocenters. The minimum atomic E-state index is -2.11.